The highest BCUT2D eigenvalue weighted by Gasteiger charge is 2.39. The summed E-state index contributed by atoms with van der Waals surface area (Å²) in [6.45, 7) is 0. The van der Waals surface area contributed by atoms with Crippen LogP contribution >= 0.6 is 11.8 Å². The van der Waals surface area contributed by atoms with Crippen LogP contribution in [0.15, 0.2) is 46.3 Å². The van der Waals surface area contributed by atoms with Crippen molar-refractivity contribution in [1.29, 1.82) is 5.26 Å². The third kappa shape index (κ3) is 3.05. The Kier molecular flexibility index (Phi) is 4.05. The van der Waals surface area contributed by atoms with E-state index in [9.17, 15) is 4.79 Å². The van der Waals surface area contributed by atoms with Crippen molar-refractivity contribution < 1.29 is 4.79 Å². The molecule has 3 N–H and O–H groups in total. The lowest BCUT2D eigenvalue weighted by molar-refractivity contribution is 0.0931. The van der Waals surface area contributed by atoms with Crippen molar-refractivity contribution in [2.24, 2.45) is 0 Å². The fourth-order valence-corrected chi connectivity index (χ4v) is 4.36. The van der Waals surface area contributed by atoms with Crippen LogP contribution in [-0.4, -0.2) is 29.0 Å². The molecule has 0 aliphatic carbocycles. The highest BCUT2D eigenvalue weighted by Crippen LogP contribution is 2.29. The highest BCUT2D eigenvalue weighted by atomic mass is 32.2. The van der Waals surface area contributed by atoms with Crippen molar-refractivity contribution in [3.05, 3.63) is 47.7 Å². The number of hydrogen-bond acceptors (Lipinski definition) is 4. The predicted octanol–water partition coefficient (Wildman–Crippen LogP) is 2.66. The first-order valence-corrected chi connectivity index (χ1v) is 8.97. The summed E-state index contributed by atoms with van der Waals surface area (Å²) in [7, 11) is 0. The molecule has 4 rings (SSSR count). The average molecular weight is 338 g/mol. The Balaban J connectivity index is 1.38. The highest BCUT2D eigenvalue weighted by molar-refractivity contribution is 7.99. The quantitative estimate of drug-likeness (QED) is 0.800. The van der Waals surface area contributed by atoms with Crippen LogP contribution in [0.25, 0.3) is 0 Å². The summed E-state index contributed by atoms with van der Waals surface area (Å²) >= 11 is 1.54. The third-order valence-corrected chi connectivity index (χ3v) is 5.71. The molecule has 0 spiro atoms. The summed E-state index contributed by atoms with van der Waals surface area (Å²) in [6, 6.07) is 14.6. The molecule has 3 heterocycles. The van der Waals surface area contributed by atoms with Crippen molar-refractivity contribution in [1.82, 2.24) is 15.6 Å². The molecule has 0 radical (unpaired) electrons. The molecule has 0 saturated carbocycles. The number of hydrogen-bond donors (Lipinski definition) is 3. The van der Waals surface area contributed by atoms with E-state index >= 15 is 0 Å². The van der Waals surface area contributed by atoms with E-state index in [0.717, 1.165) is 22.8 Å². The molecule has 2 aliphatic rings. The maximum absolute atomic E-state index is 12.4. The van der Waals surface area contributed by atoms with Crippen LogP contribution in [0.5, 0.6) is 0 Å². The molecule has 1 amide bonds. The third-order valence-electron chi connectivity index (χ3n) is 4.74. The molecular formula is C18H18N4OS. The van der Waals surface area contributed by atoms with Crippen LogP contribution in [0.1, 0.15) is 35.3 Å². The van der Waals surface area contributed by atoms with E-state index in [-0.39, 0.29) is 11.9 Å². The van der Waals surface area contributed by atoms with Crippen LogP contribution in [0, 0.1) is 11.3 Å². The van der Waals surface area contributed by atoms with Gasteiger partial charge in [0.1, 0.15) is 11.8 Å². The number of nitrogens with one attached hydrogen (secondary N) is 3. The average Bonchev–Trinajstić information content (AvgIpc) is 3.32. The fourth-order valence-electron chi connectivity index (χ4n) is 3.54. The van der Waals surface area contributed by atoms with Gasteiger partial charge < -0.3 is 15.6 Å². The second kappa shape index (κ2) is 6.34. The molecule has 2 aliphatic heterocycles. The zero-order valence-corrected chi connectivity index (χ0v) is 13.9. The van der Waals surface area contributed by atoms with Gasteiger partial charge in [-0.2, -0.15) is 5.26 Å². The Labute approximate surface area is 144 Å². The van der Waals surface area contributed by atoms with Crippen LogP contribution < -0.4 is 10.6 Å². The number of amides is 1. The Morgan fingerprint density at radius 1 is 1.21 bits per heavy atom. The molecule has 2 aromatic rings. The minimum Gasteiger partial charge on any atom is -0.348 e. The van der Waals surface area contributed by atoms with Gasteiger partial charge >= 0.3 is 0 Å². The van der Waals surface area contributed by atoms with Gasteiger partial charge in [-0.1, -0.05) is 11.8 Å². The van der Waals surface area contributed by atoms with Gasteiger partial charge in [-0.3, -0.25) is 4.79 Å². The number of nitrogens with zero attached hydrogens (tertiary/aromatic N) is 1. The number of aromatic nitrogens is 1. The van der Waals surface area contributed by atoms with Gasteiger partial charge in [0, 0.05) is 28.6 Å². The van der Waals surface area contributed by atoms with Crippen molar-refractivity contribution in [3.63, 3.8) is 0 Å². The Morgan fingerprint density at radius 3 is 2.67 bits per heavy atom. The van der Waals surface area contributed by atoms with E-state index in [1.807, 2.05) is 30.3 Å². The van der Waals surface area contributed by atoms with Crippen molar-refractivity contribution in [2.45, 2.75) is 47.3 Å². The first-order chi connectivity index (χ1) is 11.7. The summed E-state index contributed by atoms with van der Waals surface area (Å²) in [5.74, 6) is -0.00228. The lowest BCUT2D eigenvalue weighted by Gasteiger charge is -2.21. The van der Waals surface area contributed by atoms with Crippen LogP contribution in [-0.2, 0) is 0 Å². The Morgan fingerprint density at radius 2 is 2.04 bits per heavy atom. The number of H-pyrrole nitrogens is 1. The molecule has 122 valence electrons. The maximum Gasteiger partial charge on any atom is 0.251 e. The molecule has 2 saturated heterocycles. The van der Waals surface area contributed by atoms with Gasteiger partial charge in [0.2, 0.25) is 0 Å². The summed E-state index contributed by atoms with van der Waals surface area (Å²) in [6.07, 6.45) is 3.43. The zero-order chi connectivity index (χ0) is 16.5. The molecule has 1 aromatic heterocycles. The standard InChI is InChI=1S/C18H18N4OS/c19-10-13-4-8-17(21-13)24-14-5-1-11(2-6-14)18(23)22-16-9-12-3-7-15(16)20-12/h1-2,4-6,8,12,15-16,20-21H,3,7,9H2,(H,22,23)/t12-,15+,16-/m1/s1. The van der Waals surface area contributed by atoms with Gasteiger partial charge in [0.25, 0.3) is 5.91 Å². The fraction of sp³-hybridized carbons (Fsp3) is 0.333. The lowest BCUT2D eigenvalue weighted by atomic mass is 9.95. The Hall–Kier alpha value is -2.23. The van der Waals surface area contributed by atoms with Gasteiger partial charge in [-0.05, 0) is 55.7 Å². The van der Waals surface area contributed by atoms with Gasteiger partial charge in [-0.15, -0.1) is 0 Å². The van der Waals surface area contributed by atoms with E-state index in [1.54, 1.807) is 6.07 Å². The normalized spacial score (nSPS) is 24.7. The van der Waals surface area contributed by atoms with E-state index in [2.05, 4.69) is 21.7 Å². The molecule has 1 aromatic carbocycles. The minimum absolute atomic E-state index is 0.00228. The van der Waals surface area contributed by atoms with E-state index < -0.39 is 0 Å². The first kappa shape index (κ1) is 15.3. The summed E-state index contributed by atoms with van der Waals surface area (Å²) in [5.41, 5.74) is 1.24. The number of benzene rings is 1. The van der Waals surface area contributed by atoms with Gasteiger partial charge in [0.05, 0.1) is 5.03 Å². The van der Waals surface area contributed by atoms with Crippen LogP contribution in [0.4, 0.5) is 0 Å². The smallest absolute Gasteiger partial charge is 0.251 e. The van der Waals surface area contributed by atoms with Crippen LogP contribution in [0.3, 0.4) is 0 Å². The first-order valence-electron chi connectivity index (χ1n) is 8.15. The molecular weight excluding hydrogens is 320 g/mol. The van der Waals surface area contributed by atoms with Gasteiger partial charge in [0.15, 0.2) is 0 Å². The number of nitriles is 1. The van der Waals surface area contributed by atoms with Gasteiger partial charge in [-0.25, -0.2) is 0 Å². The Bertz CT molecular complexity index is 792. The molecule has 5 nitrogen and oxygen atoms in total. The van der Waals surface area contributed by atoms with E-state index in [4.69, 9.17) is 5.26 Å². The molecule has 3 atom stereocenters. The molecule has 2 fully saturated rings. The number of carbonyl (C=O) groups is 1. The molecule has 6 heteroatoms. The van der Waals surface area contributed by atoms with E-state index in [0.29, 0.717) is 23.3 Å². The monoisotopic (exact) mass is 338 g/mol. The van der Waals surface area contributed by atoms with Crippen LogP contribution in [0.2, 0.25) is 0 Å². The predicted molar refractivity (Wildman–Crippen MR) is 91.9 cm³/mol. The summed E-state index contributed by atoms with van der Waals surface area (Å²) in [4.78, 5) is 16.5. The molecule has 2 bridgehead atoms. The van der Waals surface area contributed by atoms with E-state index in [1.165, 1.54) is 18.2 Å². The number of fused-ring (bicyclic) bond motifs is 2. The van der Waals surface area contributed by atoms with Crippen molar-refractivity contribution >= 4 is 17.7 Å². The number of carbonyl (C=O) groups excluding carboxylic acids is 1. The number of aromatic amines is 1. The second-order valence-corrected chi connectivity index (χ2v) is 7.45. The second-order valence-electron chi connectivity index (χ2n) is 6.34. The largest absolute Gasteiger partial charge is 0.348 e. The molecule has 0 unspecified atom stereocenters. The van der Waals surface area contributed by atoms with Crippen molar-refractivity contribution in [2.75, 3.05) is 0 Å². The summed E-state index contributed by atoms with van der Waals surface area (Å²) < 4.78 is 0. The van der Waals surface area contributed by atoms with Crippen molar-refractivity contribution in [3.8, 4) is 6.07 Å². The summed E-state index contributed by atoms with van der Waals surface area (Å²) in [5, 5.41) is 16.4. The zero-order valence-electron chi connectivity index (χ0n) is 13.1. The number of rotatable bonds is 4. The lowest BCUT2D eigenvalue weighted by Crippen LogP contribution is -2.42. The molecule has 24 heavy (non-hydrogen) atoms. The topological polar surface area (TPSA) is 80.7 Å². The maximum atomic E-state index is 12.4. The SMILES string of the molecule is N#Cc1ccc(Sc2ccc(C(=O)N[C@@H]3C[C@H]4CC[C@@H]3N4)cc2)[nH]1. The minimum atomic E-state index is -0.00228.